The maximum Gasteiger partial charge on any atom is 0.234 e. The van der Waals surface area contributed by atoms with Gasteiger partial charge in [-0.15, -0.1) is 0 Å². The minimum Gasteiger partial charge on any atom is -0.336 e. The van der Waals surface area contributed by atoms with E-state index in [1.807, 2.05) is 35.2 Å². The standard InChI is InChI=1S/C12H17N3O2S/c1-2-18(16,17)14-12-13-8-9-15(12)10-11-6-4-3-5-7-11/h3-7H,2,8-10H2,1H3,(H,13,14). The summed E-state index contributed by atoms with van der Waals surface area (Å²) < 4.78 is 25.6. The Morgan fingerprint density at radius 3 is 2.72 bits per heavy atom. The zero-order chi connectivity index (χ0) is 13.0. The Labute approximate surface area is 108 Å². The molecule has 2 rings (SSSR count). The van der Waals surface area contributed by atoms with Crippen molar-refractivity contribution in [2.45, 2.75) is 13.5 Å². The summed E-state index contributed by atoms with van der Waals surface area (Å²) in [6, 6.07) is 9.94. The Hall–Kier alpha value is -1.56. The zero-order valence-electron chi connectivity index (χ0n) is 10.3. The molecule has 0 unspecified atom stereocenters. The van der Waals surface area contributed by atoms with Crippen LogP contribution in [0, 0.1) is 0 Å². The SMILES string of the molecule is CCS(=O)(=O)NC1=NCCN1Cc1ccccc1. The molecule has 1 aliphatic rings. The van der Waals surface area contributed by atoms with Gasteiger partial charge in [0.15, 0.2) is 0 Å². The van der Waals surface area contributed by atoms with Crippen molar-refractivity contribution < 1.29 is 8.42 Å². The molecule has 0 spiro atoms. The highest BCUT2D eigenvalue weighted by molar-refractivity contribution is 7.90. The lowest BCUT2D eigenvalue weighted by atomic mass is 10.2. The van der Waals surface area contributed by atoms with E-state index in [4.69, 9.17) is 0 Å². The summed E-state index contributed by atoms with van der Waals surface area (Å²) >= 11 is 0. The van der Waals surface area contributed by atoms with Gasteiger partial charge >= 0.3 is 0 Å². The van der Waals surface area contributed by atoms with Crippen LogP contribution in [0.5, 0.6) is 0 Å². The molecule has 1 heterocycles. The molecule has 0 bridgehead atoms. The Morgan fingerprint density at radius 1 is 1.33 bits per heavy atom. The molecule has 0 saturated carbocycles. The molecule has 0 aliphatic carbocycles. The van der Waals surface area contributed by atoms with E-state index in [2.05, 4.69) is 9.71 Å². The fourth-order valence-corrected chi connectivity index (χ4v) is 2.36. The van der Waals surface area contributed by atoms with E-state index < -0.39 is 10.0 Å². The third-order valence-corrected chi connectivity index (χ3v) is 4.03. The molecule has 1 aromatic carbocycles. The first-order chi connectivity index (χ1) is 8.61. The maximum absolute atomic E-state index is 11.5. The fraction of sp³-hybridized carbons (Fsp3) is 0.417. The molecule has 0 amide bonds. The lowest BCUT2D eigenvalue weighted by Gasteiger charge is -2.20. The highest BCUT2D eigenvalue weighted by Crippen LogP contribution is 2.08. The number of hydrogen-bond acceptors (Lipinski definition) is 4. The lowest BCUT2D eigenvalue weighted by molar-refractivity contribution is 0.443. The first-order valence-corrected chi connectivity index (χ1v) is 7.60. The third-order valence-electron chi connectivity index (χ3n) is 2.77. The van der Waals surface area contributed by atoms with Gasteiger partial charge in [0.25, 0.3) is 0 Å². The molecule has 0 radical (unpaired) electrons. The molecular formula is C12H17N3O2S. The van der Waals surface area contributed by atoms with Crippen LogP contribution in [-0.4, -0.2) is 38.1 Å². The Bertz CT molecular complexity index is 526. The molecule has 18 heavy (non-hydrogen) atoms. The number of benzene rings is 1. The van der Waals surface area contributed by atoms with E-state index in [-0.39, 0.29) is 5.75 Å². The molecule has 1 aliphatic heterocycles. The van der Waals surface area contributed by atoms with Gasteiger partial charge in [0.05, 0.1) is 12.3 Å². The second kappa shape index (κ2) is 5.39. The van der Waals surface area contributed by atoms with Crippen LogP contribution in [0.3, 0.4) is 0 Å². The monoisotopic (exact) mass is 267 g/mol. The first kappa shape index (κ1) is 12.9. The van der Waals surface area contributed by atoms with Crippen molar-refractivity contribution in [3.63, 3.8) is 0 Å². The van der Waals surface area contributed by atoms with Gasteiger partial charge in [-0.1, -0.05) is 30.3 Å². The molecule has 6 heteroatoms. The number of aliphatic imine (C=N–C) groups is 1. The van der Waals surface area contributed by atoms with Crippen molar-refractivity contribution >= 4 is 16.0 Å². The third kappa shape index (κ3) is 3.22. The van der Waals surface area contributed by atoms with E-state index in [9.17, 15) is 8.42 Å². The van der Waals surface area contributed by atoms with Crippen LogP contribution in [0.4, 0.5) is 0 Å². The second-order valence-corrected chi connectivity index (χ2v) is 6.13. The van der Waals surface area contributed by atoms with Gasteiger partial charge in [0.1, 0.15) is 0 Å². The molecule has 98 valence electrons. The van der Waals surface area contributed by atoms with E-state index >= 15 is 0 Å². The second-order valence-electron chi connectivity index (χ2n) is 4.12. The summed E-state index contributed by atoms with van der Waals surface area (Å²) in [4.78, 5) is 6.15. The summed E-state index contributed by atoms with van der Waals surface area (Å²) in [5.41, 5.74) is 1.14. The molecule has 0 aromatic heterocycles. The summed E-state index contributed by atoms with van der Waals surface area (Å²) in [5.74, 6) is 0.520. The average molecular weight is 267 g/mol. The molecule has 5 nitrogen and oxygen atoms in total. The van der Waals surface area contributed by atoms with Gasteiger partial charge in [0, 0.05) is 13.1 Å². The van der Waals surface area contributed by atoms with Crippen molar-refractivity contribution in [3.8, 4) is 0 Å². The van der Waals surface area contributed by atoms with E-state index in [1.165, 1.54) is 0 Å². The Kier molecular flexibility index (Phi) is 3.86. The van der Waals surface area contributed by atoms with Crippen molar-refractivity contribution in [3.05, 3.63) is 35.9 Å². The summed E-state index contributed by atoms with van der Waals surface area (Å²) in [5, 5.41) is 0. The van der Waals surface area contributed by atoms with Gasteiger partial charge in [-0.3, -0.25) is 9.71 Å². The van der Waals surface area contributed by atoms with Crippen LogP contribution >= 0.6 is 0 Å². The van der Waals surface area contributed by atoms with E-state index in [0.29, 0.717) is 19.0 Å². The van der Waals surface area contributed by atoms with Gasteiger partial charge in [-0.2, -0.15) is 0 Å². The number of sulfonamides is 1. The minimum atomic E-state index is -3.25. The number of nitrogens with zero attached hydrogens (tertiary/aromatic N) is 2. The van der Waals surface area contributed by atoms with E-state index in [1.54, 1.807) is 6.92 Å². The normalized spacial score (nSPS) is 15.6. The highest BCUT2D eigenvalue weighted by atomic mass is 32.2. The van der Waals surface area contributed by atoms with Crippen LogP contribution in [0.15, 0.2) is 35.3 Å². The Balaban J connectivity index is 2.04. The van der Waals surface area contributed by atoms with Crippen LogP contribution in [0.25, 0.3) is 0 Å². The zero-order valence-corrected chi connectivity index (χ0v) is 11.2. The smallest absolute Gasteiger partial charge is 0.234 e. The summed E-state index contributed by atoms with van der Waals surface area (Å²) in [6.45, 7) is 3.66. The average Bonchev–Trinajstić information content (AvgIpc) is 2.77. The van der Waals surface area contributed by atoms with Gasteiger partial charge in [0.2, 0.25) is 16.0 Å². The quantitative estimate of drug-likeness (QED) is 0.877. The van der Waals surface area contributed by atoms with Crippen LogP contribution < -0.4 is 4.72 Å². The number of rotatable bonds is 4. The van der Waals surface area contributed by atoms with Crippen molar-refractivity contribution in [1.29, 1.82) is 0 Å². The van der Waals surface area contributed by atoms with Crippen LogP contribution in [-0.2, 0) is 16.6 Å². The number of guanidine groups is 1. The van der Waals surface area contributed by atoms with Crippen molar-refractivity contribution in [2.24, 2.45) is 4.99 Å². The van der Waals surface area contributed by atoms with E-state index in [0.717, 1.165) is 12.1 Å². The number of nitrogens with one attached hydrogen (secondary N) is 1. The molecule has 1 aromatic rings. The predicted molar refractivity (Wildman–Crippen MR) is 71.8 cm³/mol. The molecular weight excluding hydrogens is 250 g/mol. The Morgan fingerprint density at radius 2 is 2.06 bits per heavy atom. The largest absolute Gasteiger partial charge is 0.336 e. The van der Waals surface area contributed by atoms with Crippen LogP contribution in [0.1, 0.15) is 12.5 Å². The molecule has 0 fully saturated rings. The first-order valence-electron chi connectivity index (χ1n) is 5.94. The minimum absolute atomic E-state index is 0.0607. The fourth-order valence-electron chi connectivity index (χ4n) is 1.75. The number of hydrogen-bond donors (Lipinski definition) is 1. The van der Waals surface area contributed by atoms with Crippen LogP contribution in [0.2, 0.25) is 0 Å². The van der Waals surface area contributed by atoms with Gasteiger partial charge in [-0.05, 0) is 12.5 Å². The predicted octanol–water partition coefficient (Wildman–Crippen LogP) is 0.797. The lowest BCUT2D eigenvalue weighted by Crippen LogP contribution is -2.41. The molecule has 1 N–H and O–H groups in total. The van der Waals surface area contributed by atoms with Crippen molar-refractivity contribution in [1.82, 2.24) is 9.62 Å². The highest BCUT2D eigenvalue weighted by Gasteiger charge is 2.20. The summed E-state index contributed by atoms with van der Waals surface area (Å²) in [7, 11) is -3.25. The van der Waals surface area contributed by atoms with Crippen molar-refractivity contribution in [2.75, 3.05) is 18.8 Å². The van der Waals surface area contributed by atoms with Gasteiger partial charge in [-0.25, -0.2) is 8.42 Å². The molecule has 0 atom stereocenters. The topological polar surface area (TPSA) is 61.8 Å². The summed E-state index contributed by atoms with van der Waals surface area (Å²) in [6.07, 6.45) is 0. The van der Waals surface area contributed by atoms with Gasteiger partial charge < -0.3 is 4.90 Å². The maximum atomic E-state index is 11.5. The molecule has 0 saturated heterocycles.